The van der Waals surface area contributed by atoms with Gasteiger partial charge in [-0.15, -0.1) is 0 Å². The topological polar surface area (TPSA) is 94.1 Å². The predicted molar refractivity (Wildman–Crippen MR) is 123 cm³/mol. The van der Waals surface area contributed by atoms with Crippen molar-refractivity contribution in [1.29, 1.82) is 0 Å². The predicted octanol–water partition coefficient (Wildman–Crippen LogP) is 4.57. The summed E-state index contributed by atoms with van der Waals surface area (Å²) in [7, 11) is 0. The van der Waals surface area contributed by atoms with Gasteiger partial charge in [0.05, 0.1) is 25.5 Å². The third-order valence-electron chi connectivity index (χ3n) is 4.53. The number of nitrogens with zero attached hydrogens (tertiary/aromatic N) is 1. The summed E-state index contributed by atoms with van der Waals surface area (Å²) in [5.41, 5.74) is 6.72. The van der Waals surface area contributed by atoms with E-state index in [0.29, 0.717) is 35.2 Å². The van der Waals surface area contributed by atoms with Crippen molar-refractivity contribution < 1.29 is 23.8 Å². The van der Waals surface area contributed by atoms with E-state index in [4.69, 9.17) is 15.2 Å². The van der Waals surface area contributed by atoms with E-state index in [1.165, 1.54) is 19.9 Å². The first kappa shape index (κ1) is 25.1. The maximum absolute atomic E-state index is 14.1. The van der Waals surface area contributed by atoms with Gasteiger partial charge in [0, 0.05) is 16.8 Å². The summed E-state index contributed by atoms with van der Waals surface area (Å²) < 4.78 is 25.3. The summed E-state index contributed by atoms with van der Waals surface area (Å²) in [5.74, 6) is -0.370. The third kappa shape index (κ3) is 7.81. The molecule has 2 aromatic carbocycles. The van der Waals surface area contributed by atoms with Crippen molar-refractivity contribution in [2.45, 2.75) is 39.8 Å². The van der Waals surface area contributed by atoms with Gasteiger partial charge in [0.25, 0.3) is 0 Å². The summed E-state index contributed by atoms with van der Waals surface area (Å²) in [6, 6.07) is 13.8. The Hall–Kier alpha value is -3.19. The molecule has 0 saturated carbocycles. The zero-order chi connectivity index (χ0) is 23.7. The fraction of sp³-hybridized carbons (Fsp3) is 0.360. The average Bonchev–Trinajstić information content (AvgIpc) is 2.75. The van der Waals surface area contributed by atoms with Gasteiger partial charge in [-0.3, -0.25) is 4.99 Å². The molecule has 0 bridgehead atoms. The van der Waals surface area contributed by atoms with E-state index in [2.05, 4.69) is 18.8 Å². The molecular formula is C25H31FN2O4. The van der Waals surface area contributed by atoms with Crippen LogP contribution in [-0.2, 0) is 16.1 Å². The van der Waals surface area contributed by atoms with Crippen LogP contribution >= 0.6 is 0 Å². The number of carboxylic acids is 1. The molecule has 0 radical (unpaired) electrons. The minimum Gasteiger partial charge on any atom is -0.493 e. The summed E-state index contributed by atoms with van der Waals surface area (Å²) in [5, 5.41) is 9.21. The molecule has 0 fully saturated rings. The van der Waals surface area contributed by atoms with Crippen molar-refractivity contribution in [3.05, 3.63) is 77.2 Å². The largest absolute Gasteiger partial charge is 0.493 e. The number of hydrogen-bond donors (Lipinski definition) is 2. The third-order valence-corrected chi connectivity index (χ3v) is 4.53. The molecule has 0 heterocycles. The van der Waals surface area contributed by atoms with Crippen molar-refractivity contribution in [3.8, 4) is 5.75 Å². The molecular weight excluding hydrogens is 411 g/mol. The Morgan fingerprint density at radius 1 is 1.22 bits per heavy atom. The van der Waals surface area contributed by atoms with Crippen LogP contribution in [-0.4, -0.2) is 35.6 Å². The van der Waals surface area contributed by atoms with E-state index < -0.39 is 11.6 Å². The highest BCUT2D eigenvalue weighted by atomic mass is 19.1. The van der Waals surface area contributed by atoms with Crippen molar-refractivity contribution in [1.82, 2.24) is 0 Å². The van der Waals surface area contributed by atoms with Crippen LogP contribution in [0.2, 0.25) is 0 Å². The highest BCUT2D eigenvalue weighted by Gasteiger charge is 2.27. The molecule has 0 saturated heterocycles. The van der Waals surface area contributed by atoms with Crippen LogP contribution in [0.3, 0.4) is 0 Å². The Balaban J connectivity index is 2.33. The first-order valence-electron chi connectivity index (χ1n) is 10.4. The van der Waals surface area contributed by atoms with Gasteiger partial charge in [-0.05, 0) is 44.0 Å². The second-order valence-corrected chi connectivity index (χ2v) is 8.35. The van der Waals surface area contributed by atoms with Crippen LogP contribution in [0.4, 0.5) is 4.39 Å². The van der Waals surface area contributed by atoms with E-state index >= 15 is 0 Å². The quantitative estimate of drug-likeness (QED) is 0.497. The van der Waals surface area contributed by atoms with Crippen LogP contribution in [0.15, 0.2) is 65.3 Å². The van der Waals surface area contributed by atoms with Crippen LogP contribution in [0.25, 0.3) is 0 Å². The molecule has 7 heteroatoms. The molecule has 0 aliphatic rings. The Labute approximate surface area is 188 Å². The molecule has 0 aliphatic carbocycles. The van der Waals surface area contributed by atoms with Crippen LogP contribution in [0, 0.1) is 11.7 Å². The van der Waals surface area contributed by atoms with Crippen LogP contribution in [0.5, 0.6) is 5.75 Å². The number of ether oxygens (including phenoxy) is 2. The summed E-state index contributed by atoms with van der Waals surface area (Å²) >= 11 is 0. The zero-order valence-electron chi connectivity index (χ0n) is 19.0. The lowest BCUT2D eigenvalue weighted by atomic mass is 10.1. The summed E-state index contributed by atoms with van der Waals surface area (Å²) in [6.45, 7) is 7.62. The fourth-order valence-electron chi connectivity index (χ4n) is 2.57. The maximum Gasteiger partial charge on any atom is 0.335 e. The van der Waals surface area contributed by atoms with E-state index in [0.717, 1.165) is 5.56 Å². The van der Waals surface area contributed by atoms with Crippen molar-refractivity contribution in [2.75, 3.05) is 13.2 Å². The van der Waals surface area contributed by atoms with E-state index in [-0.39, 0.29) is 19.0 Å². The maximum atomic E-state index is 14.1. The van der Waals surface area contributed by atoms with Gasteiger partial charge >= 0.3 is 5.97 Å². The first-order valence-corrected chi connectivity index (χ1v) is 10.4. The van der Waals surface area contributed by atoms with Crippen molar-refractivity contribution in [3.63, 3.8) is 0 Å². The number of carboxylic acid groups (broad SMARTS) is 1. The normalized spacial score (nSPS) is 12.8. The van der Waals surface area contributed by atoms with Gasteiger partial charge < -0.3 is 20.3 Å². The summed E-state index contributed by atoms with van der Waals surface area (Å²) in [6.07, 6.45) is 1.61. The van der Waals surface area contributed by atoms with Gasteiger partial charge in [0.1, 0.15) is 11.6 Å². The Kier molecular flexibility index (Phi) is 8.96. The number of nitrogens with two attached hydrogens (primary N) is 1. The molecule has 6 nitrogen and oxygen atoms in total. The molecule has 0 aliphatic heterocycles. The van der Waals surface area contributed by atoms with Crippen molar-refractivity contribution in [2.24, 2.45) is 16.6 Å². The molecule has 172 valence electrons. The van der Waals surface area contributed by atoms with Gasteiger partial charge in [-0.2, -0.15) is 0 Å². The molecule has 2 aromatic rings. The van der Waals surface area contributed by atoms with Gasteiger partial charge in [-0.25, -0.2) is 9.18 Å². The number of hydrogen-bond acceptors (Lipinski definition) is 5. The van der Waals surface area contributed by atoms with Crippen LogP contribution in [0.1, 0.15) is 38.8 Å². The highest BCUT2D eigenvalue weighted by molar-refractivity contribution is 6.09. The number of allylic oxidation sites excluding steroid dienone is 1. The average molecular weight is 443 g/mol. The lowest BCUT2D eigenvalue weighted by Gasteiger charge is -2.20. The first-order chi connectivity index (χ1) is 15.1. The lowest BCUT2D eigenvalue weighted by Crippen LogP contribution is -2.36. The number of carbonyl (C=O) groups is 1. The molecule has 0 spiro atoms. The Morgan fingerprint density at radius 3 is 2.59 bits per heavy atom. The van der Waals surface area contributed by atoms with Crippen LogP contribution < -0.4 is 10.5 Å². The second-order valence-electron chi connectivity index (χ2n) is 8.35. The molecule has 0 atom stereocenters. The van der Waals surface area contributed by atoms with E-state index in [1.54, 1.807) is 24.3 Å². The molecule has 0 amide bonds. The molecule has 0 aromatic heterocycles. The number of halogens is 1. The molecule has 2 rings (SSSR count). The number of benzene rings is 2. The highest BCUT2D eigenvalue weighted by Crippen LogP contribution is 2.18. The molecule has 32 heavy (non-hydrogen) atoms. The van der Waals surface area contributed by atoms with E-state index in [1.807, 2.05) is 24.3 Å². The SMILES string of the molecule is CC(C)COc1cccc(C(C=C(N)COC(C)(C)C(=O)O)=NCc2ccccc2F)c1. The van der Waals surface area contributed by atoms with E-state index in [9.17, 15) is 14.3 Å². The second kappa shape index (κ2) is 11.4. The fourth-order valence-corrected chi connectivity index (χ4v) is 2.57. The number of aliphatic carboxylic acids is 1. The lowest BCUT2D eigenvalue weighted by molar-refractivity contribution is -0.160. The number of rotatable bonds is 11. The smallest absolute Gasteiger partial charge is 0.335 e. The van der Waals surface area contributed by atoms with Gasteiger partial charge in [0.2, 0.25) is 0 Å². The van der Waals surface area contributed by atoms with Gasteiger partial charge in [0.15, 0.2) is 5.60 Å². The monoisotopic (exact) mass is 442 g/mol. The minimum absolute atomic E-state index is 0.0957. The molecule has 0 unspecified atom stereocenters. The molecule has 3 N–H and O–H groups in total. The summed E-state index contributed by atoms with van der Waals surface area (Å²) in [4.78, 5) is 15.8. The Morgan fingerprint density at radius 2 is 1.94 bits per heavy atom. The van der Waals surface area contributed by atoms with Gasteiger partial charge in [-0.1, -0.05) is 44.2 Å². The van der Waals surface area contributed by atoms with Crippen molar-refractivity contribution >= 4 is 11.7 Å². The Bertz CT molecular complexity index is 983. The standard InChI is InChI=1S/C25H31FN2O4/c1-17(2)15-31-21-10-7-9-18(12-21)23(28-14-19-8-5-6-11-22(19)26)13-20(27)16-32-25(3,4)24(29)30/h5-13,17H,14-16,27H2,1-4H3,(H,29,30). The number of aliphatic imine (C=N–C) groups is 1. The minimum atomic E-state index is -1.38. The zero-order valence-corrected chi connectivity index (χ0v) is 19.0.